The third-order valence-electron chi connectivity index (χ3n) is 4.13. The highest BCUT2D eigenvalue weighted by Crippen LogP contribution is 2.35. The van der Waals surface area contributed by atoms with E-state index in [-0.39, 0.29) is 11.4 Å². The zero-order chi connectivity index (χ0) is 22.0. The number of thiocarbonyl (C=S) groups is 1. The van der Waals surface area contributed by atoms with E-state index in [4.69, 9.17) is 21.7 Å². The normalized spacial score (nSPS) is 16.8. The highest BCUT2D eigenvalue weighted by atomic mass is 32.1. The molecule has 0 saturated carbocycles. The van der Waals surface area contributed by atoms with Gasteiger partial charge in [0.15, 0.2) is 5.11 Å². The predicted octanol–water partition coefficient (Wildman–Crippen LogP) is 3.62. The second kappa shape index (κ2) is 8.57. The van der Waals surface area contributed by atoms with Gasteiger partial charge in [0.25, 0.3) is 0 Å². The van der Waals surface area contributed by atoms with E-state index in [0.717, 1.165) is 5.56 Å². The lowest BCUT2D eigenvalue weighted by molar-refractivity contribution is -0.161. The monoisotopic (exact) mass is 421 g/mol. The van der Waals surface area contributed by atoms with Crippen LogP contribution >= 0.6 is 12.2 Å². The first-order chi connectivity index (χ1) is 13.3. The van der Waals surface area contributed by atoms with Crippen LogP contribution in [0.15, 0.2) is 12.1 Å². The Kier molecular flexibility index (Phi) is 6.78. The molecule has 0 radical (unpaired) electrons. The highest BCUT2D eigenvalue weighted by molar-refractivity contribution is 7.80. The summed E-state index contributed by atoms with van der Waals surface area (Å²) >= 11 is 5.39. The molecule has 1 amide bonds. The lowest BCUT2D eigenvalue weighted by Gasteiger charge is -2.24. The van der Waals surface area contributed by atoms with E-state index in [1.54, 1.807) is 33.9 Å². The molecule has 0 spiro atoms. The van der Waals surface area contributed by atoms with Gasteiger partial charge in [0.1, 0.15) is 17.3 Å². The van der Waals surface area contributed by atoms with Crippen LogP contribution in [0.4, 0.5) is 11.4 Å². The largest absolute Gasteiger partial charge is 0.494 e. The van der Waals surface area contributed by atoms with Crippen molar-refractivity contribution in [2.45, 2.75) is 65.5 Å². The molecule has 3 N–H and O–H groups in total. The molecule has 1 aliphatic rings. The lowest BCUT2D eigenvalue weighted by Crippen LogP contribution is -2.43. The van der Waals surface area contributed by atoms with Crippen molar-refractivity contribution < 1.29 is 19.1 Å². The lowest BCUT2D eigenvalue weighted by atomic mass is 9.99. The van der Waals surface area contributed by atoms with Gasteiger partial charge in [-0.05, 0) is 78.2 Å². The number of hydrogen-bond acceptors (Lipinski definition) is 5. The SMILES string of the molecule is COc1cc2c(cc1NC(=S)NC(C)(C)C)CCC(C(=O)OC(C)(C)C)C(=O)N2. The van der Waals surface area contributed by atoms with Gasteiger partial charge in [-0.15, -0.1) is 0 Å². The standard InChI is InChI=1S/C21H31N3O4S/c1-20(2,3)24-19(29)23-15-10-12-8-9-13(18(26)28-21(4,5)6)17(25)22-14(12)11-16(15)27-7/h10-11,13H,8-9H2,1-7H3,(H,22,25)(H2,23,24,29). The Bertz CT molecular complexity index is 809. The number of anilines is 2. The molecule has 29 heavy (non-hydrogen) atoms. The number of fused-ring (bicyclic) bond motifs is 1. The van der Waals surface area contributed by atoms with Gasteiger partial charge in [-0.3, -0.25) is 9.59 Å². The summed E-state index contributed by atoms with van der Waals surface area (Å²) in [6, 6.07) is 3.63. The quantitative estimate of drug-likeness (QED) is 0.390. The Morgan fingerprint density at radius 2 is 1.86 bits per heavy atom. The maximum Gasteiger partial charge on any atom is 0.319 e. The van der Waals surface area contributed by atoms with Crippen LogP contribution in [-0.2, 0) is 20.7 Å². The highest BCUT2D eigenvalue weighted by Gasteiger charge is 2.34. The van der Waals surface area contributed by atoms with E-state index >= 15 is 0 Å². The topological polar surface area (TPSA) is 88.7 Å². The number of carbonyl (C=O) groups excluding carboxylic acids is 2. The van der Waals surface area contributed by atoms with Crippen LogP contribution in [0.5, 0.6) is 5.75 Å². The minimum absolute atomic E-state index is 0.183. The fourth-order valence-electron chi connectivity index (χ4n) is 2.96. The van der Waals surface area contributed by atoms with Crippen molar-refractivity contribution in [1.82, 2.24) is 5.32 Å². The summed E-state index contributed by atoms with van der Waals surface area (Å²) in [6.45, 7) is 11.4. The average molecular weight is 422 g/mol. The van der Waals surface area contributed by atoms with Crippen LogP contribution in [0.25, 0.3) is 0 Å². The van der Waals surface area contributed by atoms with Gasteiger partial charge >= 0.3 is 5.97 Å². The van der Waals surface area contributed by atoms with E-state index in [0.29, 0.717) is 35.1 Å². The molecule has 160 valence electrons. The second-order valence-electron chi connectivity index (χ2n) is 9.15. The van der Waals surface area contributed by atoms with Crippen LogP contribution in [0.3, 0.4) is 0 Å². The summed E-state index contributed by atoms with van der Waals surface area (Å²) in [5.74, 6) is -1.19. The second-order valence-corrected chi connectivity index (χ2v) is 9.56. The number of hydrogen-bond donors (Lipinski definition) is 3. The van der Waals surface area contributed by atoms with Crippen molar-refractivity contribution in [3.8, 4) is 5.75 Å². The number of methoxy groups -OCH3 is 1. The van der Waals surface area contributed by atoms with Crippen molar-refractivity contribution >= 4 is 40.6 Å². The number of aryl methyl sites for hydroxylation is 1. The first-order valence-corrected chi connectivity index (χ1v) is 10.0. The smallest absolute Gasteiger partial charge is 0.319 e. The van der Waals surface area contributed by atoms with Gasteiger partial charge in [0.2, 0.25) is 5.91 Å². The van der Waals surface area contributed by atoms with Crippen LogP contribution in [0, 0.1) is 5.92 Å². The zero-order valence-corrected chi connectivity index (χ0v) is 19.0. The Morgan fingerprint density at radius 1 is 1.21 bits per heavy atom. The van der Waals surface area contributed by atoms with Crippen molar-refractivity contribution in [3.05, 3.63) is 17.7 Å². The fourth-order valence-corrected chi connectivity index (χ4v) is 3.37. The Balaban J connectivity index is 2.24. The van der Waals surface area contributed by atoms with Gasteiger partial charge in [0, 0.05) is 17.3 Å². The summed E-state index contributed by atoms with van der Waals surface area (Å²) in [5.41, 5.74) is 1.38. The van der Waals surface area contributed by atoms with Gasteiger partial charge in [-0.25, -0.2) is 0 Å². The first-order valence-electron chi connectivity index (χ1n) is 9.63. The molecule has 0 fully saturated rings. The molecular weight excluding hydrogens is 390 g/mol. The van der Waals surface area contributed by atoms with E-state index < -0.39 is 17.5 Å². The summed E-state index contributed by atoms with van der Waals surface area (Å²) < 4.78 is 10.9. The van der Waals surface area contributed by atoms with E-state index in [1.165, 1.54) is 0 Å². The molecule has 1 aliphatic heterocycles. The summed E-state index contributed by atoms with van der Waals surface area (Å²) in [4.78, 5) is 25.1. The molecule has 8 heteroatoms. The minimum atomic E-state index is -0.854. The van der Waals surface area contributed by atoms with E-state index in [2.05, 4.69) is 16.0 Å². The Morgan fingerprint density at radius 3 is 2.41 bits per heavy atom. The summed E-state index contributed by atoms with van der Waals surface area (Å²) in [6.07, 6.45) is 0.903. The molecule has 2 rings (SSSR count). The number of rotatable bonds is 3. The Labute approximate surface area is 177 Å². The van der Waals surface area contributed by atoms with Gasteiger partial charge in [-0.1, -0.05) is 0 Å². The summed E-state index contributed by atoms with van der Waals surface area (Å²) in [5, 5.41) is 9.66. The van der Waals surface area contributed by atoms with Gasteiger partial charge in [0.05, 0.1) is 12.8 Å². The first kappa shape index (κ1) is 22.9. The molecule has 1 aromatic carbocycles. The molecule has 7 nitrogen and oxygen atoms in total. The maximum absolute atomic E-state index is 12.6. The van der Waals surface area contributed by atoms with Crippen molar-refractivity contribution in [2.24, 2.45) is 5.92 Å². The number of benzene rings is 1. The predicted molar refractivity (Wildman–Crippen MR) is 118 cm³/mol. The van der Waals surface area contributed by atoms with Crippen molar-refractivity contribution in [2.75, 3.05) is 17.7 Å². The minimum Gasteiger partial charge on any atom is -0.494 e. The number of nitrogens with one attached hydrogen (secondary N) is 3. The fraction of sp³-hybridized carbons (Fsp3) is 0.571. The third kappa shape index (κ3) is 6.59. The molecule has 0 aliphatic carbocycles. The maximum atomic E-state index is 12.6. The van der Waals surface area contributed by atoms with E-state index in [9.17, 15) is 9.59 Å². The molecular formula is C21H31N3O4S. The van der Waals surface area contributed by atoms with Crippen molar-refractivity contribution in [3.63, 3.8) is 0 Å². The molecule has 0 saturated heterocycles. The molecule has 1 atom stereocenters. The van der Waals surface area contributed by atoms with Gasteiger partial charge in [-0.2, -0.15) is 0 Å². The number of esters is 1. The number of amides is 1. The zero-order valence-electron chi connectivity index (χ0n) is 18.2. The van der Waals surface area contributed by atoms with Crippen LogP contribution < -0.4 is 20.7 Å². The molecule has 0 aromatic heterocycles. The number of carbonyl (C=O) groups is 2. The average Bonchev–Trinajstić information content (AvgIpc) is 2.68. The third-order valence-corrected chi connectivity index (χ3v) is 4.33. The van der Waals surface area contributed by atoms with E-state index in [1.807, 2.05) is 26.8 Å². The van der Waals surface area contributed by atoms with Crippen molar-refractivity contribution in [1.29, 1.82) is 0 Å². The molecule has 1 aromatic rings. The van der Waals surface area contributed by atoms with Crippen LogP contribution in [0.1, 0.15) is 53.5 Å². The van der Waals surface area contributed by atoms with Crippen LogP contribution in [-0.4, -0.2) is 35.2 Å². The van der Waals surface area contributed by atoms with Gasteiger partial charge < -0.3 is 25.4 Å². The molecule has 0 bridgehead atoms. The number of ether oxygens (including phenoxy) is 2. The Hall–Kier alpha value is -2.35. The summed E-state index contributed by atoms with van der Waals surface area (Å²) in [7, 11) is 1.55. The molecule has 1 unspecified atom stereocenters. The molecule has 1 heterocycles. The van der Waals surface area contributed by atoms with Crippen LogP contribution in [0.2, 0.25) is 0 Å².